The zero-order valence-electron chi connectivity index (χ0n) is 12.2. The van der Waals surface area contributed by atoms with Crippen molar-refractivity contribution in [2.45, 2.75) is 45.8 Å². The Morgan fingerprint density at radius 2 is 2.37 bits per heavy atom. The van der Waals surface area contributed by atoms with Gasteiger partial charge in [-0.05, 0) is 12.5 Å². The van der Waals surface area contributed by atoms with Crippen LogP contribution in [0.3, 0.4) is 0 Å². The van der Waals surface area contributed by atoms with E-state index in [2.05, 4.69) is 42.0 Å². The summed E-state index contributed by atoms with van der Waals surface area (Å²) in [4.78, 5) is 6.75. The number of ether oxygens (including phenoxy) is 1. The number of nitrogens with one attached hydrogen (secondary N) is 1. The van der Waals surface area contributed by atoms with Gasteiger partial charge >= 0.3 is 0 Å². The molecule has 19 heavy (non-hydrogen) atoms. The van der Waals surface area contributed by atoms with Crippen LogP contribution in [0.2, 0.25) is 0 Å². The van der Waals surface area contributed by atoms with Gasteiger partial charge in [-0.1, -0.05) is 20.8 Å². The monoisotopic (exact) mass is 263 g/mol. The van der Waals surface area contributed by atoms with E-state index >= 15 is 0 Å². The fraction of sp³-hybridized carbons (Fsp3) is 0.667. The highest BCUT2D eigenvalue weighted by molar-refractivity contribution is 5.53. The van der Waals surface area contributed by atoms with Crippen LogP contribution < -0.4 is 10.2 Å². The average molecular weight is 263 g/mol. The molecule has 1 saturated heterocycles. The largest absolute Gasteiger partial charge is 0.377 e. The molecule has 1 N–H and O–H groups in total. The Bertz CT molecular complexity index is 395. The quantitative estimate of drug-likeness (QED) is 0.883. The van der Waals surface area contributed by atoms with Crippen LogP contribution in [0.4, 0.5) is 5.69 Å². The maximum atomic E-state index is 5.59. The third-order valence-corrected chi connectivity index (χ3v) is 3.59. The Morgan fingerprint density at radius 3 is 3.11 bits per heavy atom. The molecule has 0 radical (unpaired) electrons. The Morgan fingerprint density at radius 1 is 1.53 bits per heavy atom. The normalized spacial score (nSPS) is 20.0. The van der Waals surface area contributed by atoms with Crippen LogP contribution in [0.25, 0.3) is 0 Å². The standard InChI is InChI=1S/C15H25N3O/c1-4-14-11-19-8-7-18(14)15-5-6-16-9-13(15)10-17-12(2)3/h5-6,9,12,14,17H,4,7-8,10-11H2,1-3H3. The molecule has 0 bridgehead atoms. The second-order valence-corrected chi connectivity index (χ2v) is 5.37. The number of morpholine rings is 1. The number of rotatable bonds is 5. The summed E-state index contributed by atoms with van der Waals surface area (Å²) in [5.74, 6) is 0. The molecule has 2 heterocycles. The van der Waals surface area contributed by atoms with Crippen molar-refractivity contribution in [3.63, 3.8) is 0 Å². The van der Waals surface area contributed by atoms with Crippen molar-refractivity contribution in [3.8, 4) is 0 Å². The van der Waals surface area contributed by atoms with Gasteiger partial charge in [-0.3, -0.25) is 4.98 Å². The van der Waals surface area contributed by atoms with Gasteiger partial charge in [0.25, 0.3) is 0 Å². The first-order valence-corrected chi connectivity index (χ1v) is 7.23. The lowest BCUT2D eigenvalue weighted by molar-refractivity contribution is 0.0929. The third kappa shape index (κ3) is 3.67. The first kappa shape index (κ1) is 14.3. The molecule has 1 aliphatic heterocycles. The Kier molecular flexibility index (Phi) is 5.16. The fourth-order valence-corrected chi connectivity index (χ4v) is 2.46. The van der Waals surface area contributed by atoms with E-state index < -0.39 is 0 Å². The fourth-order valence-electron chi connectivity index (χ4n) is 2.46. The first-order chi connectivity index (χ1) is 9.22. The van der Waals surface area contributed by atoms with Gasteiger partial charge in [-0.2, -0.15) is 0 Å². The zero-order chi connectivity index (χ0) is 13.7. The Balaban J connectivity index is 2.17. The highest BCUT2D eigenvalue weighted by Crippen LogP contribution is 2.24. The summed E-state index contributed by atoms with van der Waals surface area (Å²) in [6.45, 7) is 10.0. The van der Waals surface area contributed by atoms with Gasteiger partial charge in [-0.25, -0.2) is 0 Å². The van der Waals surface area contributed by atoms with Crippen molar-refractivity contribution in [3.05, 3.63) is 24.0 Å². The summed E-state index contributed by atoms with van der Waals surface area (Å²) in [5, 5.41) is 3.48. The van der Waals surface area contributed by atoms with Gasteiger partial charge in [0, 0.05) is 42.8 Å². The van der Waals surface area contributed by atoms with Gasteiger partial charge in [0.2, 0.25) is 0 Å². The summed E-state index contributed by atoms with van der Waals surface area (Å²) in [5.41, 5.74) is 2.58. The SMILES string of the molecule is CCC1COCCN1c1ccncc1CNC(C)C. The van der Waals surface area contributed by atoms with Crippen molar-refractivity contribution in [1.29, 1.82) is 0 Å². The van der Waals surface area contributed by atoms with Crippen LogP contribution in [0.1, 0.15) is 32.8 Å². The number of nitrogens with zero attached hydrogens (tertiary/aromatic N) is 2. The van der Waals surface area contributed by atoms with E-state index in [4.69, 9.17) is 4.74 Å². The van der Waals surface area contributed by atoms with Crippen LogP contribution in [0.15, 0.2) is 18.5 Å². The second kappa shape index (κ2) is 6.87. The lowest BCUT2D eigenvalue weighted by Crippen LogP contribution is -2.45. The topological polar surface area (TPSA) is 37.4 Å². The predicted molar refractivity (Wildman–Crippen MR) is 78.5 cm³/mol. The molecule has 1 aromatic rings. The van der Waals surface area contributed by atoms with Crippen LogP contribution >= 0.6 is 0 Å². The average Bonchev–Trinajstić information content (AvgIpc) is 2.45. The van der Waals surface area contributed by atoms with E-state index in [1.165, 1.54) is 11.3 Å². The minimum atomic E-state index is 0.481. The summed E-state index contributed by atoms with van der Waals surface area (Å²) in [7, 11) is 0. The van der Waals surface area contributed by atoms with E-state index in [0.717, 1.165) is 32.7 Å². The second-order valence-electron chi connectivity index (χ2n) is 5.37. The van der Waals surface area contributed by atoms with Gasteiger partial charge < -0.3 is 15.0 Å². The summed E-state index contributed by atoms with van der Waals surface area (Å²) in [6.07, 6.45) is 4.97. The lowest BCUT2D eigenvalue weighted by Gasteiger charge is -2.38. The predicted octanol–water partition coefficient (Wildman–Crippen LogP) is 2.19. The molecule has 0 aromatic carbocycles. The Hall–Kier alpha value is -1.13. The molecule has 1 aliphatic rings. The third-order valence-electron chi connectivity index (χ3n) is 3.59. The Labute approximate surface area is 116 Å². The molecule has 1 aromatic heterocycles. The molecule has 2 rings (SSSR count). The maximum Gasteiger partial charge on any atom is 0.0670 e. The van der Waals surface area contributed by atoms with Crippen molar-refractivity contribution in [2.75, 3.05) is 24.7 Å². The summed E-state index contributed by atoms with van der Waals surface area (Å²) >= 11 is 0. The highest BCUT2D eigenvalue weighted by Gasteiger charge is 2.23. The molecule has 1 fully saturated rings. The summed E-state index contributed by atoms with van der Waals surface area (Å²) < 4.78 is 5.59. The lowest BCUT2D eigenvalue weighted by atomic mass is 10.1. The number of hydrogen-bond donors (Lipinski definition) is 1. The van der Waals surface area contributed by atoms with Gasteiger partial charge in [-0.15, -0.1) is 0 Å². The zero-order valence-corrected chi connectivity index (χ0v) is 12.2. The summed E-state index contributed by atoms with van der Waals surface area (Å²) in [6, 6.07) is 3.10. The van der Waals surface area contributed by atoms with Crippen molar-refractivity contribution in [2.24, 2.45) is 0 Å². The van der Waals surface area contributed by atoms with E-state index in [1.54, 1.807) is 0 Å². The van der Waals surface area contributed by atoms with Crippen LogP contribution in [-0.2, 0) is 11.3 Å². The highest BCUT2D eigenvalue weighted by atomic mass is 16.5. The van der Waals surface area contributed by atoms with Gasteiger partial charge in [0.15, 0.2) is 0 Å². The van der Waals surface area contributed by atoms with Crippen molar-refractivity contribution >= 4 is 5.69 Å². The molecule has 0 amide bonds. The number of anilines is 1. The van der Waals surface area contributed by atoms with E-state index in [-0.39, 0.29) is 0 Å². The molecule has 1 unspecified atom stereocenters. The molecule has 1 atom stereocenters. The molecule has 4 nitrogen and oxygen atoms in total. The van der Waals surface area contributed by atoms with Gasteiger partial charge in [0.05, 0.1) is 19.3 Å². The molecule has 0 saturated carbocycles. The van der Waals surface area contributed by atoms with Crippen LogP contribution in [-0.4, -0.2) is 36.8 Å². The number of pyridine rings is 1. The van der Waals surface area contributed by atoms with E-state index in [9.17, 15) is 0 Å². The molecule has 106 valence electrons. The number of hydrogen-bond acceptors (Lipinski definition) is 4. The molecular formula is C15H25N3O. The molecule has 4 heteroatoms. The van der Waals surface area contributed by atoms with Crippen LogP contribution in [0.5, 0.6) is 0 Å². The van der Waals surface area contributed by atoms with Gasteiger partial charge in [0.1, 0.15) is 0 Å². The van der Waals surface area contributed by atoms with Crippen molar-refractivity contribution < 1.29 is 4.74 Å². The van der Waals surface area contributed by atoms with E-state index in [0.29, 0.717) is 12.1 Å². The molecule has 0 spiro atoms. The van der Waals surface area contributed by atoms with Crippen molar-refractivity contribution in [1.82, 2.24) is 10.3 Å². The molecule has 0 aliphatic carbocycles. The van der Waals surface area contributed by atoms with Crippen LogP contribution in [0, 0.1) is 0 Å². The minimum absolute atomic E-state index is 0.481. The molecular weight excluding hydrogens is 238 g/mol. The van der Waals surface area contributed by atoms with E-state index in [1.807, 2.05) is 12.4 Å². The maximum absolute atomic E-state index is 5.59. The minimum Gasteiger partial charge on any atom is -0.377 e. The number of aromatic nitrogens is 1. The smallest absolute Gasteiger partial charge is 0.0670 e. The first-order valence-electron chi connectivity index (χ1n) is 7.23.